The molecule has 0 aliphatic heterocycles. The first-order valence-electron chi connectivity index (χ1n) is 5.34. The maximum absolute atomic E-state index is 11.6. The average molecular weight is 234 g/mol. The van der Waals surface area contributed by atoms with E-state index in [0.717, 1.165) is 0 Å². The molecule has 0 atom stereocenters. The lowest BCUT2D eigenvalue weighted by atomic mass is 10.0. The Balaban J connectivity index is 2.89. The van der Waals surface area contributed by atoms with E-state index >= 15 is 0 Å². The standard InChI is InChI=1S/C13H14O4/c1-3-17-13(16)11-6-4-5-10(8-11)12(15)7-9(2)14/h4-6,8H,3,7H2,1-2H3. The Hall–Kier alpha value is -1.97. The lowest BCUT2D eigenvalue weighted by Gasteiger charge is -2.03. The third-order valence-corrected chi connectivity index (χ3v) is 2.11. The van der Waals surface area contributed by atoms with E-state index in [-0.39, 0.29) is 24.6 Å². The normalized spacial score (nSPS) is 9.76. The van der Waals surface area contributed by atoms with E-state index < -0.39 is 5.97 Å². The number of ether oxygens (including phenoxy) is 1. The first kappa shape index (κ1) is 13.1. The van der Waals surface area contributed by atoms with Crippen LogP contribution in [0.25, 0.3) is 0 Å². The van der Waals surface area contributed by atoms with E-state index in [1.807, 2.05) is 0 Å². The monoisotopic (exact) mass is 234 g/mol. The molecule has 1 rings (SSSR count). The smallest absolute Gasteiger partial charge is 0.338 e. The van der Waals surface area contributed by atoms with Gasteiger partial charge in [-0.15, -0.1) is 0 Å². The fourth-order valence-electron chi connectivity index (χ4n) is 1.36. The molecule has 0 aliphatic rings. The van der Waals surface area contributed by atoms with Crippen molar-refractivity contribution in [1.82, 2.24) is 0 Å². The Morgan fingerprint density at radius 2 is 1.82 bits per heavy atom. The Morgan fingerprint density at radius 3 is 2.41 bits per heavy atom. The highest BCUT2D eigenvalue weighted by molar-refractivity contribution is 6.08. The number of benzene rings is 1. The van der Waals surface area contributed by atoms with Crippen molar-refractivity contribution in [2.45, 2.75) is 20.3 Å². The lowest BCUT2D eigenvalue weighted by molar-refractivity contribution is -0.116. The van der Waals surface area contributed by atoms with Crippen LogP contribution in [-0.2, 0) is 9.53 Å². The minimum absolute atomic E-state index is 0.147. The maximum Gasteiger partial charge on any atom is 0.338 e. The maximum atomic E-state index is 11.6. The Morgan fingerprint density at radius 1 is 1.18 bits per heavy atom. The van der Waals surface area contributed by atoms with Gasteiger partial charge in [0.05, 0.1) is 18.6 Å². The third kappa shape index (κ3) is 3.83. The van der Waals surface area contributed by atoms with E-state index in [4.69, 9.17) is 4.74 Å². The van der Waals surface area contributed by atoms with Crippen LogP contribution in [0.15, 0.2) is 24.3 Å². The van der Waals surface area contributed by atoms with E-state index in [9.17, 15) is 14.4 Å². The molecule has 0 fully saturated rings. The molecule has 1 aromatic carbocycles. The summed E-state index contributed by atoms with van der Waals surface area (Å²) in [6.45, 7) is 3.35. The molecule has 0 aliphatic carbocycles. The molecule has 1 aromatic rings. The minimum atomic E-state index is -0.468. The van der Waals surface area contributed by atoms with Gasteiger partial charge >= 0.3 is 5.97 Å². The van der Waals surface area contributed by atoms with Crippen molar-refractivity contribution in [2.24, 2.45) is 0 Å². The fourth-order valence-corrected chi connectivity index (χ4v) is 1.36. The predicted octanol–water partition coefficient (Wildman–Crippen LogP) is 2.03. The number of hydrogen-bond acceptors (Lipinski definition) is 4. The second-order valence-corrected chi connectivity index (χ2v) is 3.60. The molecule has 0 aromatic heterocycles. The van der Waals surface area contributed by atoms with Crippen LogP contribution in [0, 0.1) is 0 Å². The molecule has 0 radical (unpaired) electrons. The molecule has 0 spiro atoms. The lowest BCUT2D eigenvalue weighted by Crippen LogP contribution is -2.08. The van der Waals surface area contributed by atoms with Crippen LogP contribution < -0.4 is 0 Å². The molecule has 90 valence electrons. The highest BCUT2D eigenvalue weighted by Gasteiger charge is 2.12. The minimum Gasteiger partial charge on any atom is -0.462 e. The molecule has 0 N–H and O–H groups in total. The summed E-state index contributed by atoms with van der Waals surface area (Å²) in [5, 5.41) is 0. The first-order chi connectivity index (χ1) is 8.04. The Labute approximate surface area is 99.6 Å². The highest BCUT2D eigenvalue weighted by atomic mass is 16.5. The Bertz CT molecular complexity index is 448. The molecular formula is C13H14O4. The topological polar surface area (TPSA) is 60.4 Å². The predicted molar refractivity (Wildman–Crippen MR) is 62.0 cm³/mol. The average Bonchev–Trinajstić information content (AvgIpc) is 2.28. The van der Waals surface area contributed by atoms with E-state index in [1.165, 1.54) is 13.0 Å². The fraction of sp³-hybridized carbons (Fsp3) is 0.308. The molecule has 0 saturated carbocycles. The number of Topliss-reactive ketones (excluding diaryl/α,β-unsaturated/α-hetero) is 2. The van der Waals surface area contributed by atoms with Crippen LogP contribution in [0.2, 0.25) is 0 Å². The van der Waals surface area contributed by atoms with Crippen LogP contribution >= 0.6 is 0 Å². The molecule has 0 amide bonds. The van der Waals surface area contributed by atoms with Crippen LogP contribution in [0.4, 0.5) is 0 Å². The zero-order valence-corrected chi connectivity index (χ0v) is 9.86. The van der Waals surface area contributed by atoms with Crippen molar-refractivity contribution in [3.8, 4) is 0 Å². The van der Waals surface area contributed by atoms with Gasteiger partial charge in [0.25, 0.3) is 0 Å². The molecule has 0 heterocycles. The van der Waals surface area contributed by atoms with Crippen molar-refractivity contribution in [2.75, 3.05) is 6.61 Å². The Kier molecular flexibility index (Phi) is 4.57. The molecule has 0 unspecified atom stereocenters. The number of carbonyl (C=O) groups is 3. The zero-order chi connectivity index (χ0) is 12.8. The van der Waals surface area contributed by atoms with Gasteiger partial charge in [-0.1, -0.05) is 12.1 Å². The van der Waals surface area contributed by atoms with Gasteiger partial charge in [-0.2, -0.15) is 0 Å². The second-order valence-electron chi connectivity index (χ2n) is 3.60. The molecule has 0 bridgehead atoms. The van der Waals surface area contributed by atoms with Crippen molar-refractivity contribution < 1.29 is 19.1 Å². The van der Waals surface area contributed by atoms with E-state index in [0.29, 0.717) is 11.1 Å². The van der Waals surface area contributed by atoms with Gasteiger partial charge in [-0.05, 0) is 26.0 Å². The van der Waals surface area contributed by atoms with E-state index in [1.54, 1.807) is 25.1 Å². The summed E-state index contributed by atoms with van der Waals surface area (Å²) in [6.07, 6.45) is -0.147. The van der Waals surface area contributed by atoms with Crippen molar-refractivity contribution >= 4 is 17.5 Å². The summed E-state index contributed by atoms with van der Waals surface area (Å²) in [6, 6.07) is 6.19. The van der Waals surface area contributed by atoms with Gasteiger partial charge in [-0.3, -0.25) is 9.59 Å². The summed E-state index contributed by atoms with van der Waals surface area (Å²) < 4.78 is 4.83. The van der Waals surface area contributed by atoms with Crippen LogP contribution in [0.5, 0.6) is 0 Å². The third-order valence-electron chi connectivity index (χ3n) is 2.11. The van der Waals surface area contributed by atoms with E-state index in [2.05, 4.69) is 0 Å². The number of rotatable bonds is 5. The summed E-state index contributed by atoms with van der Waals surface area (Å²) in [4.78, 5) is 33.9. The second kappa shape index (κ2) is 5.94. The summed E-state index contributed by atoms with van der Waals surface area (Å²) >= 11 is 0. The largest absolute Gasteiger partial charge is 0.462 e. The van der Waals surface area contributed by atoms with Gasteiger partial charge in [0, 0.05) is 5.56 Å². The van der Waals surface area contributed by atoms with Gasteiger partial charge in [-0.25, -0.2) is 4.79 Å². The van der Waals surface area contributed by atoms with Crippen LogP contribution in [-0.4, -0.2) is 24.1 Å². The van der Waals surface area contributed by atoms with Gasteiger partial charge in [0.2, 0.25) is 0 Å². The number of ketones is 2. The number of esters is 1. The molecule has 4 heteroatoms. The molecule has 17 heavy (non-hydrogen) atoms. The molecule has 0 saturated heterocycles. The van der Waals surface area contributed by atoms with Gasteiger partial charge < -0.3 is 4.74 Å². The quantitative estimate of drug-likeness (QED) is 0.444. The van der Waals surface area contributed by atoms with Crippen molar-refractivity contribution in [1.29, 1.82) is 0 Å². The highest BCUT2D eigenvalue weighted by Crippen LogP contribution is 2.09. The molecular weight excluding hydrogens is 220 g/mol. The summed E-state index contributed by atoms with van der Waals surface area (Å²) in [7, 11) is 0. The summed E-state index contributed by atoms with van der Waals surface area (Å²) in [5.41, 5.74) is 0.673. The van der Waals surface area contributed by atoms with Crippen LogP contribution in [0.1, 0.15) is 41.0 Å². The summed E-state index contributed by atoms with van der Waals surface area (Å²) in [5.74, 6) is -0.954. The number of hydrogen-bond donors (Lipinski definition) is 0. The SMILES string of the molecule is CCOC(=O)c1cccc(C(=O)CC(C)=O)c1. The van der Waals surface area contributed by atoms with Gasteiger partial charge in [0.1, 0.15) is 5.78 Å². The van der Waals surface area contributed by atoms with Gasteiger partial charge in [0.15, 0.2) is 5.78 Å². The number of carbonyl (C=O) groups excluding carboxylic acids is 3. The van der Waals surface area contributed by atoms with Crippen molar-refractivity contribution in [3.05, 3.63) is 35.4 Å². The zero-order valence-electron chi connectivity index (χ0n) is 9.86. The van der Waals surface area contributed by atoms with Crippen molar-refractivity contribution in [3.63, 3.8) is 0 Å². The molecule has 4 nitrogen and oxygen atoms in total. The first-order valence-corrected chi connectivity index (χ1v) is 5.34. The van der Waals surface area contributed by atoms with Crippen LogP contribution in [0.3, 0.4) is 0 Å².